The fourth-order valence-corrected chi connectivity index (χ4v) is 6.87. The average Bonchev–Trinajstić information content (AvgIpc) is 2.95. The first-order valence-electron chi connectivity index (χ1n) is 13.0. The van der Waals surface area contributed by atoms with E-state index in [-0.39, 0.29) is 46.5 Å². The minimum Gasteiger partial charge on any atom is -0.486 e. The van der Waals surface area contributed by atoms with E-state index in [4.69, 9.17) is 16.3 Å². The normalized spacial score (nSPS) is 18.5. The topological polar surface area (TPSA) is 133 Å². The molecule has 0 radical (unpaired) electrons. The van der Waals surface area contributed by atoms with Crippen molar-refractivity contribution in [2.24, 2.45) is 5.92 Å². The second-order valence-corrected chi connectivity index (χ2v) is 14.3. The summed E-state index contributed by atoms with van der Waals surface area (Å²) in [6, 6.07) is 13.7. The molecule has 0 bridgehead atoms. The summed E-state index contributed by atoms with van der Waals surface area (Å²) in [7, 11) is -6.81. The summed E-state index contributed by atoms with van der Waals surface area (Å²) in [6.07, 6.45) is -0.853. The highest BCUT2D eigenvalue weighted by Gasteiger charge is 2.36. The van der Waals surface area contributed by atoms with Gasteiger partial charge in [0.15, 0.2) is 5.75 Å². The molecular formula is C28H31ClFN3O7S2. The van der Waals surface area contributed by atoms with Crippen molar-refractivity contribution in [1.82, 2.24) is 9.21 Å². The molecule has 3 aromatic carbocycles. The molecule has 0 spiro atoms. The SMILES string of the molecule is C[C@H]1CN([C@@H](C)CO)C(=O)c2cccc(NS(=O)(=O)c3ccc(F)cc3)c2O[C@H]1CN(C)S(=O)(=O)c1ccc(Cl)cc1. The van der Waals surface area contributed by atoms with Gasteiger partial charge in [0.25, 0.3) is 15.9 Å². The molecule has 0 aromatic heterocycles. The third kappa shape index (κ3) is 6.70. The van der Waals surface area contributed by atoms with Crippen molar-refractivity contribution < 1.29 is 35.9 Å². The monoisotopic (exact) mass is 639 g/mol. The molecule has 3 atom stereocenters. The summed E-state index contributed by atoms with van der Waals surface area (Å²) in [5.74, 6) is -1.67. The molecule has 1 amide bonds. The maximum atomic E-state index is 13.7. The summed E-state index contributed by atoms with van der Waals surface area (Å²) < 4.78 is 76.3. The van der Waals surface area contributed by atoms with Crippen molar-refractivity contribution in [2.75, 3.05) is 31.5 Å². The Morgan fingerprint density at radius 2 is 1.69 bits per heavy atom. The van der Waals surface area contributed by atoms with E-state index in [0.717, 1.165) is 28.6 Å². The second-order valence-electron chi connectivity index (χ2n) is 10.1. The Morgan fingerprint density at radius 1 is 1.07 bits per heavy atom. The molecule has 3 aromatic rings. The molecule has 1 aliphatic rings. The predicted molar refractivity (Wildman–Crippen MR) is 156 cm³/mol. The van der Waals surface area contributed by atoms with E-state index in [1.165, 1.54) is 54.4 Å². The lowest BCUT2D eigenvalue weighted by Gasteiger charge is -2.38. The Hall–Kier alpha value is -3.23. The number of aliphatic hydroxyl groups is 1. The number of nitrogens with one attached hydrogen (secondary N) is 1. The summed E-state index contributed by atoms with van der Waals surface area (Å²) >= 11 is 5.92. The number of benzene rings is 3. The molecule has 0 aliphatic carbocycles. The lowest BCUT2D eigenvalue weighted by molar-refractivity contribution is 0.0389. The number of ether oxygens (including phenoxy) is 1. The van der Waals surface area contributed by atoms with Crippen LogP contribution in [0.5, 0.6) is 5.75 Å². The van der Waals surface area contributed by atoms with Crippen molar-refractivity contribution in [2.45, 2.75) is 35.8 Å². The number of sulfonamides is 2. The zero-order valence-electron chi connectivity index (χ0n) is 23.1. The number of hydrogen-bond acceptors (Lipinski definition) is 7. The number of amides is 1. The molecule has 1 aliphatic heterocycles. The van der Waals surface area contributed by atoms with E-state index in [1.807, 2.05) is 0 Å². The van der Waals surface area contributed by atoms with Crippen LogP contribution in [0.4, 0.5) is 10.1 Å². The first-order valence-corrected chi connectivity index (χ1v) is 16.3. The number of para-hydroxylation sites is 1. The van der Waals surface area contributed by atoms with Gasteiger partial charge in [0, 0.05) is 24.5 Å². The molecule has 42 heavy (non-hydrogen) atoms. The minimum absolute atomic E-state index is 0.0201. The van der Waals surface area contributed by atoms with Gasteiger partial charge in [-0.15, -0.1) is 0 Å². The van der Waals surface area contributed by atoms with E-state index in [0.29, 0.717) is 5.02 Å². The maximum Gasteiger partial charge on any atom is 0.262 e. The average molecular weight is 640 g/mol. The van der Waals surface area contributed by atoms with Crippen LogP contribution < -0.4 is 9.46 Å². The Bertz CT molecular complexity index is 1650. The Labute approximate surface area is 249 Å². The number of likely N-dealkylation sites (N-methyl/N-ethyl adjacent to an activating group) is 1. The number of fused-ring (bicyclic) bond motifs is 1. The van der Waals surface area contributed by atoms with Gasteiger partial charge in [-0.25, -0.2) is 21.2 Å². The van der Waals surface area contributed by atoms with Crippen molar-refractivity contribution in [1.29, 1.82) is 0 Å². The van der Waals surface area contributed by atoms with Gasteiger partial charge in [-0.05, 0) is 67.6 Å². The van der Waals surface area contributed by atoms with Gasteiger partial charge < -0.3 is 14.7 Å². The number of nitrogens with zero attached hydrogens (tertiary/aromatic N) is 2. The molecule has 0 saturated heterocycles. The van der Waals surface area contributed by atoms with Crippen LogP contribution in [0.2, 0.25) is 5.02 Å². The maximum absolute atomic E-state index is 13.7. The van der Waals surface area contributed by atoms with Crippen molar-refractivity contribution in [3.63, 3.8) is 0 Å². The van der Waals surface area contributed by atoms with Gasteiger partial charge in [-0.2, -0.15) is 4.31 Å². The van der Waals surface area contributed by atoms with E-state index < -0.39 is 49.8 Å². The Morgan fingerprint density at radius 3 is 2.31 bits per heavy atom. The molecular weight excluding hydrogens is 609 g/mol. The van der Waals surface area contributed by atoms with E-state index in [9.17, 15) is 31.1 Å². The number of aliphatic hydroxyl groups excluding tert-OH is 1. The summed E-state index contributed by atoms with van der Waals surface area (Å²) in [4.78, 5) is 14.9. The fraction of sp³-hybridized carbons (Fsp3) is 0.321. The van der Waals surface area contributed by atoms with Crippen LogP contribution in [0.3, 0.4) is 0 Å². The lowest BCUT2D eigenvalue weighted by Crippen LogP contribution is -2.50. The van der Waals surface area contributed by atoms with Gasteiger partial charge in [0.1, 0.15) is 11.9 Å². The molecule has 226 valence electrons. The molecule has 10 nitrogen and oxygen atoms in total. The van der Waals surface area contributed by atoms with Crippen molar-refractivity contribution >= 4 is 43.2 Å². The molecule has 1 heterocycles. The highest BCUT2D eigenvalue weighted by atomic mass is 35.5. The van der Waals surface area contributed by atoms with E-state index >= 15 is 0 Å². The van der Waals surface area contributed by atoms with Crippen LogP contribution in [-0.2, 0) is 20.0 Å². The first kappa shape index (κ1) is 31.7. The van der Waals surface area contributed by atoms with Crippen molar-refractivity contribution in [3.05, 3.63) is 83.1 Å². The summed E-state index contributed by atoms with van der Waals surface area (Å²) in [5, 5.41) is 10.3. The van der Waals surface area contributed by atoms with Crippen LogP contribution in [0.15, 0.2) is 76.5 Å². The molecule has 0 unspecified atom stereocenters. The van der Waals surface area contributed by atoms with E-state index in [1.54, 1.807) is 13.8 Å². The quantitative estimate of drug-likeness (QED) is 0.364. The molecule has 14 heteroatoms. The van der Waals surface area contributed by atoms with Gasteiger partial charge in [0.05, 0.1) is 40.2 Å². The van der Waals surface area contributed by atoms with Crippen LogP contribution in [0, 0.1) is 11.7 Å². The summed E-state index contributed by atoms with van der Waals surface area (Å²) in [6.45, 7) is 3.08. The zero-order valence-corrected chi connectivity index (χ0v) is 25.5. The lowest BCUT2D eigenvalue weighted by atomic mass is 9.99. The van der Waals surface area contributed by atoms with Crippen LogP contribution in [0.1, 0.15) is 24.2 Å². The van der Waals surface area contributed by atoms with Gasteiger partial charge in [-0.1, -0.05) is 24.6 Å². The predicted octanol–water partition coefficient (Wildman–Crippen LogP) is 3.82. The standard InChI is InChI=1S/C28H31ClFN3O7S2/c1-18-15-33(19(2)17-34)28(35)24-5-4-6-25(31-41(36,37)22-13-9-21(30)10-14-22)27(24)40-26(18)16-32(3)42(38,39)23-11-7-20(29)8-12-23/h4-14,18-19,26,31,34H,15-17H2,1-3H3/t18-,19-,26-/m0/s1. The number of halogens is 2. The highest BCUT2D eigenvalue weighted by Crippen LogP contribution is 2.36. The smallest absolute Gasteiger partial charge is 0.262 e. The largest absolute Gasteiger partial charge is 0.486 e. The number of carbonyl (C=O) groups is 1. The van der Waals surface area contributed by atoms with Crippen LogP contribution >= 0.6 is 11.6 Å². The van der Waals surface area contributed by atoms with Crippen LogP contribution in [-0.4, -0.2) is 75.9 Å². The number of rotatable bonds is 9. The molecule has 4 rings (SSSR count). The van der Waals surface area contributed by atoms with E-state index in [2.05, 4.69) is 4.72 Å². The third-order valence-corrected chi connectivity index (χ3v) is 10.5. The molecule has 2 N–H and O–H groups in total. The zero-order chi connectivity index (χ0) is 30.8. The molecule has 0 saturated carbocycles. The summed E-state index contributed by atoms with van der Waals surface area (Å²) in [5.41, 5.74) is -0.0428. The Kier molecular flexibility index (Phi) is 9.48. The number of hydrogen-bond donors (Lipinski definition) is 2. The van der Waals surface area contributed by atoms with Gasteiger partial charge in [0.2, 0.25) is 10.0 Å². The first-order chi connectivity index (χ1) is 19.7. The Balaban J connectivity index is 1.76. The number of carbonyl (C=O) groups excluding carboxylic acids is 1. The van der Waals surface area contributed by atoms with Crippen molar-refractivity contribution in [3.8, 4) is 5.75 Å². The van der Waals surface area contributed by atoms with Gasteiger partial charge >= 0.3 is 0 Å². The van der Waals surface area contributed by atoms with Gasteiger partial charge in [-0.3, -0.25) is 9.52 Å². The fourth-order valence-electron chi connectivity index (χ4n) is 4.50. The second kappa shape index (κ2) is 12.6. The minimum atomic E-state index is -4.23. The molecule has 0 fully saturated rings. The third-order valence-electron chi connectivity index (χ3n) is 7.02. The number of anilines is 1. The highest BCUT2D eigenvalue weighted by molar-refractivity contribution is 7.92. The van der Waals surface area contributed by atoms with Crippen LogP contribution in [0.25, 0.3) is 0 Å².